The van der Waals surface area contributed by atoms with Crippen molar-refractivity contribution in [3.05, 3.63) is 23.8 Å². The van der Waals surface area contributed by atoms with Gasteiger partial charge in [0.2, 0.25) is 0 Å². The maximum atomic E-state index is 3.39. The van der Waals surface area contributed by atoms with Crippen molar-refractivity contribution in [3.8, 4) is 0 Å². The van der Waals surface area contributed by atoms with Crippen molar-refractivity contribution >= 4 is 15.9 Å². The molecule has 0 heterocycles. The fraction of sp³-hybridized carbons (Fsp3) is 0.500. The van der Waals surface area contributed by atoms with Gasteiger partial charge < -0.3 is 0 Å². The van der Waals surface area contributed by atoms with Crippen LogP contribution in [0.3, 0.4) is 0 Å². The molecule has 0 aromatic carbocycles. The van der Waals surface area contributed by atoms with Crippen molar-refractivity contribution in [1.29, 1.82) is 0 Å². The number of allylic oxidation sites excluding steroid dienone is 4. The highest BCUT2D eigenvalue weighted by molar-refractivity contribution is 9.09. The van der Waals surface area contributed by atoms with Crippen LogP contribution in [0.1, 0.15) is 20.3 Å². The normalized spacial score (nSPS) is 13.0. The van der Waals surface area contributed by atoms with Gasteiger partial charge in [-0.1, -0.05) is 41.1 Å². The molecule has 9 heavy (non-hydrogen) atoms. The van der Waals surface area contributed by atoms with Crippen molar-refractivity contribution in [3.63, 3.8) is 0 Å². The minimum absolute atomic E-state index is 0.958. The van der Waals surface area contributed by atoms with E-state index in [0.717, 1.165) is 11.8 Å². The lowest BCUT2D eigenvalue weighted by molar-refractivity contribution is 1.22. The Hall–Kier alpha value is -0.0400. The van der Waals surface area contributed by atoms with Gasteiger partial charge in [0.1, 0.15) is 0 Å². The summed E-state index contributed by atoms with van der Waals surface area (Å²) in [6.07, 6.45) is 7.54. The van der Waals surface area contributed by atoms with Crippen molar-refractivity contribution in [2.45, 2.75) is 20.3 Å². The third kappa shape index (κ3) is 4.46. The first kappa shape index (κ1) is 8.96. The fourth-order valence-corrected chi connectivity index (χ4v) is 0.998. The average molecular weight is 189 g/mol. The highest BCUT2D eigenvalue weighted by Gasteiger charge is 1.82. The van der Waals surface area contributed by atoms with Crippen LogP contribution in [0.2, 0.25) is 0 Å². The summed E-state index contributed by atoms with van der Waals surface area (Å²) >= 11 is 3.39. The van der Waals surface area contributed by atoms with E-state index in [1.165, 1.54) is 5.57 Å². The van der Waals surface area contributed by atoms with Crippen molar-refractivity contribution in [2.75, 3.05) is 5.33 Å². The van der Waals surface area contributed by atoms with Crippen LogP contribution in [0, 0.1) is 0 Å². The molecule has 0 saturated heterocycles. The number of halogens is 1. The molecule has 52 valence electrons. The predicted molar refractivity (Wildman–Crippen MR) is 47.0 cm³/mol. The zero-order chi connectivity index (χ0) is 7.11. The molecule has 0 unspecified atom stereocenters. The maximum absolute atomic E-state index is 3.39. The molecular weight excluding hydrogens is 176 g/mol. The van der Waals surface area contributed by atoms with Gasteiger partial charge in [-0.25, -0.2) is 0 Å². The van der Waals surface area contributed by atoms with E-state index in [1.807, 2.05) is 0 Å². The zero-order valence-corrected chi connectivity index (χ0v) is 7.61. The summed E-state index contributed by atoms with van der Waals surface area (Å²) in [6, 6.07) is 0. The molecule has 1 heteroatoms. The summed E-state index contributed by atoms with van der Waals surface area (Å²) in [6.45, 7) is 4.19. The second-order valence-electron chi connectivity index (χ2n) is 1.81. The van der Waals surface area contributed by atoms with Gasteiger partial charge >= 0.3 is 0 Å². The molecule has 0 N–H and O–H groups in total. The Morgan fingerprint density at radius 1 is 1.56 bits per heavy atom. The Balaban J connectivity index is 3.70. The number of hydrogen-bond donors (Lipinski definition) is 0. The molecule has 0 bridgehead atoms. The van der Waals surface area contributed by atoms with E-state index in [4.69, 9.17) is 0 Å². The number of rotatable bonds is 3. The SMILES string of the molecule is C/C=C(\C=C/CC)CBr. The zero-order valence-electron chi connectivity index (χ0n) is 6.02. The molecule has 0 aliphatic rings. The van der Waals surface area contributed by atoms with Gasteiger partial charge in [0, 0.05) is 5.33 Å². The third-order valence-corrected chi connectivity index (χ3v) is 1.74. The highest BCUT2D eigenvalue weighted by atomic mass is 79.9. The van der Waals surface area contributed by atoms with Crippen LogP contribution in [0.15, 0.2) is 23.8 Å². The molecule has 0 radical (unpaired) electrons. The van der Waals surface area contributed by atoms with Crippen LogP contribution in [0.4, 0.5) is 0 Å². The molecular formula is C8H13Br. The quantitative estimate of drug-likeness (QED) is 0.472. The Bertz CT molecular complexity index is 112. The molecule has 0 rings (SSSR count). The highest BCUT2D eigenvalue weighted by Crippen LogP contribution is 2.01. The Morgan fingerprint density at radius 3 is 2.56 bits per heavy atom. The van der Waals surface area contributed by atoms with Gasteiger partial charge in [-0.2, -0.15) is 0 Å². The van der Waals surface area contributed by atoms with E-state index in [2.05, 4.69) is 48.0 Å². The molecule has 0 aliphatic heterocycles. The Labute approximate surface area is 65.8 Å². The van der Waals surface area contributed by atoms with Gasteiger partial charge in [-0.05, 0) is 18.9 Å². The van der Waals surface area contributed by atoms with Gasteiger partial charge in [0.25, 0.3) is 0 Å². The molecule has 0 aliphatic carbocycles. The standard InChI is InChI=1S/C8H13Br/c1-3-5-6-8(4-2)7-9/h4-6H,3,7H2,1-2H3/b6-5-,8-4+. The van der Waals surface area contributed by atoms with Crippen LogP contribution in [0.5, 0.6) is 0 Å². The minimum Gasteiger partial charge on any atom is -0.0876 e. The summed E-state index contributed by atoms with van der Waals surface area (Å²) in [5.41, 5.74) is 1.34. The molecule has 0 aromatic heterocycles. The van der Waals surface area contributed by atoms with Crippen LogP contribution >= 0.6 is 15.9 Å². The largest absolute Gasteiger partial charge is 0.0876 e. The molecule has 0 atom stereocenters. The predicted octanol–water partition coefficient (Wildman–Crippen LogP) is 3.29. The third-order valence-electron chi connectivity index (χ3n) is 1.09. The van der Waals surface area contributed by atoms with E-state index in [1.54, 1.807) is 0 Å². The fourth-order valence-electron chi connectivity index (χ4n) is 0.487. The summed E-state index contributed by atoms with van der Waals surface area (Å²) in [5.74, 6) is 0. The van der Waals surface area contributed by atoms with E-state index in [0.29, 0.717) is 0 Å². The maximum Gasteiger partial charge on any atom is 0.0279 e. The monoisotopic (exact) mass is 188 g/mol. The summed E-state index contributed by atoms with van der Waals surface area (Å²) in [4.78, 5) is 0. The summed E-state index contributed by atoms with van der Waals surface area (Å²) in [5, 5.41) is 0.958. The van der Waals surface area contributed by atoms with Crippen molar-refractivity contribution in [2.24, 2.45) is 0 Å². The van der Waals surface area contributed by atoms with Crippen LogP contribution in [-0.2, 0) is 0 Å². The topological polar surface area (TPSA) is 0 Å². The molecule has 0 aromatic rings. The molecule has 0 nitrogen and oxygen atoms in total. The van der Waals surface area contributed by atoms with Crippen LogP contribution in [0.25, 0.3) is 0 Å². The van der Waals surface area contributed by atoms with Gasteiger partial charge in [0.15, 0.2) is 0 Å². The number of alkyl halides is 1. The van der Waals surface area contributed by atoms with Crippen LogP contribution < -0.4 is 0 Å². The van der Waals surface area contributed by atoms with Gasteiger partial charge in [-0.15, -0.1) is 0 Å². The number of hydrogen-bond acceptors (Lipinski definition) is 0. The first-order valence-corrected chi connectivity index (χ1v) is 4.35. The smallest absolute Gasteiger partial charge is 0.0279 e. The molecule has 0 saturated carbocycles. The lowest BCUT2D eigenvalue weighted by atomic mass is 10.2. The van der Waals surface area contributed by atoms with E-state index in [-0.39, 0.29) is 0 Å². The first-order valence-electron chi connectivity index (χ1n) is 3.22. The minimum atomic E-state index is 0.958. The summed E-state index contributed by atoms with van der Waals surface area (Å²) < 4.78 is 0. The second kappa shape index (κ2) is 6.09. The molecule has 0 amide bonds. The van der Waals surface area contributed by atoms with E-state index < -0.39 is 0 Å². The first-order chi connectivity index (χ1) is 4.35. The molecule has 0 fully saturated rings. The lowest BCUT2D eigenvalue weighted by Crippen LogP contribution is -1.75. The molecule has 0 spiro atoms. The van der Waals surface area contributed by atoms with E-state index in [9.17, 15) is 0 Å². The van der Waals surface area contributed by atoms with Gasteiger partial charge in [0.05, 0.1) is 0 Å². The van der Waals surface area contributed by atoms with Crippen molar-refractivity contribution < 1.29 is 0 Å². The Morgan fingerprint density at radius 2 is 2.22 bits per heavy atom. The second-order valence-corrected chi connectivity index (χ2v) is 2.37. The Kier molecular flexibility index (Phi) is 6.06. The van der Waals surface area contributed by atoms with E-state index >= 15 is 0 Å². The van der Waals surface area contributed by atoms with Crippen LogP contribution in [-0.4, -0.2) is 5.33 Å². The average Bonchev–Trinajstić information content (AvgIpc) is 1.91. The van der Waals surface area contributed by atoms with Gasteiger partial charge in [-0.3, -0.25) is 0 Å². The summed E-state index contributed by atoms with van der Waals surface area (Å²) in [7, 11) is 0. The van der Waals surface area contributed by atoms with Crippen molar-refractivity contribution in [1.82, 2.24) is 0 Å². The lowest BCUT2D eigenvalue weighted by Gasteiger charge is -1.90.